The number of nitrogens with zero attached hydrogens (tertiary/aromatic N) is 4. The molecule has 0 aliphatic carbocycles. The Kier molecular flexibility index (Phi) is 12.8. The minimum atomic E-state index is -0.979. The minimum absolute atomic E-state index is 0.0698. The zero-order valence-corrected chi connectivity index (χ0v) is 30.6. The van der Waals surface area contributed by atoms with Crippen LogP contribution in [0.5, 0.6) is 0 Å². The number of thiazole rings is 1. The minimum Gasteiger partial charge on any atom is -0.480 e. The molecule has 3 unspecified atom stereocenters. The van der Waals surface area contributed by atoms with Crippen molar-refractivity contribution >= 4 is 79.7 Å². The van der Waals surface area contributed by atoms with E-state index in [0.29, 0.717) is 59.2 Å². The van der Waals surface area contributed by atoms with Gasteiger partial charge in [-0.1, -0.05) is 13.8 Å². The van der Waals surface area contributed by atoms with Crippen LogP contribution in [0.15, 0.2) is 28.2 Å². The van der Waals surface area contributed by atoms with Crippen molar-refractivity contribution < 1.29 is 33.8 Å². The van der Waals surface area contributed by atoms with Crippen LogP contribution in [0.2, 0.25) is 0 Å². The third-order valence-electron chi connectivity index (χ3n) is 8.11. The van der Waals surface area contributed by atoms with Crippen LogP contribution in [0.3, 0.4) is 0 Å². The summed E-state index contributed by atoms with van der Waals surface area (Å²) in [6, 6.07) is 2.83. The van der Waals surface area contributed by atoms with Gasteiger partial charge in [0.2, 0.25) is 11.8 Å². The van der Waals surface area contributed by atoms with Crippen molar-refractivity contribution in [2.24, 2.45) is 33.3 Å². The van der Waals surface area contributed by atoms with E-state index in [-0.39, 0.29) is 42.4 Å². The van der Waals surface area contributed by atoms with Crippen molar-refractivity contribution in [3.63, 3.8) is 0 Å². The predicted octanol–water partition coefficient (Wildman–Crippen LogP) is 3.35. The van der Waals surface area contributed by atoms with E-state index in [9.17, 15) is 29.1 Å². The molecule has 1 saturated heterocycles. The number of carbonyl (C=O) groups is 5. The molecule has 0 bridgehead atoms. The van der Waals surface area contributed by atoms with Crippen LogP contribution in [0.4, 0.5) is 10.5 Å². The predicted molar refractivity (Wildman–Crippen MR) is 194 cm³/mol. The number of hydrogen-bond acceptors (Lipinski definition) is 11. The first kappa shape index (κ1) is 38.6. The number of benzene rings is 1. The monoisotopic (exact) mass is 730 g/mol. The van der Waals surface area contributed by atoms with Crippen molar-refractivity contribution in [3.8, 4) is 0 Å². The highest BCUT2D eigenvalue weighted by molar-refractivity contribution is 8.15. The maximum atomic E-state index is 13.8. The molecular weight excluding hydrogens is 685 g/mol. The average Bonchev–Trinajstić information content (AvgIpc) is 3.79. The summed E-state index contributed by atoms with van der Waals surface area (Å²) in [4.78, 5) is 79.5. The number of hydrogen-bond donors (Lipinski definition) is 5. The maximum Gasteiger partial charge on any atom is 0.408 e. The molecule has 50 heavy (non-hydrogen) atoms. The molecule has 1 fully saturated rings. The van der Waals surface area contributed by atoms with Gasteiger partial charge in [0.25, 0.3) is 0 Å². The number of ketones is 1. The molecule has 272 valence electrons. The Bertz CT molecular complexity index is 1660. The van der Waals surface area contributed by atoms with Crippen LogP contribution in [0.25, 0.3) is 10.2 Å². The van der Waals surface area contributed by atoms with Crippen LogP contribution in [0, 0.1) is 11.8 Å². The number of nitrogens with two attached hydrogens (primary N) is 2. The van der Waals surface area contributed by atoms with E-state index in [1.165, 1.54) is 28.0 Å². The molecule has 0 saturated carbocycles. The number of likely N-dealkylation sites (tertiary alicyclic amines) is 1. The third-order valence-corrected chi connectivity index (χ3v) is 10.3. The molecule has 4 rings (SSSR count). The number of nitrogens with one attached hydrogen (secondary N) is 2. The summed E-state index contributed by atoms with van der Waals surface area (Å²) in [5, 5.41) is 16.1. The molecule has 7 N–H and O–H groups in total. The van der Waals surface area contributed by atoms with Crippen molar-refractivity contribution in [2.45, 2.75) is 90.4 Å². The second-order valence-electron chi connectivity index (χ2n) is 13.7. The molecule has 17 heteroatoms. The standard InChI is InChI=1S/C33H46N8O7S2/c1-17(2)25(40-32(47)48-33(3,4)5)29(44)41-13-7-9-22(41)23(42)14-18(8-6-12-36-31(34)35)26(43)37-19-10-11-20-24(15-19)50-28(38-20)27-39-21(16-49-27)30(45)46/h10-11,15,17-18,21-22,25H,6-9,12-14,16H2,1-5H3,(H,37,43)(H,40,47)(H,45,46)(H4,34,35,36)/t18?,21-,22?,25?/m1/s1. The normalized spacial score (nSPS) is 18.8. The number of amides is 3. The molecule has 3 amide bonds. The summed E-state index contributed by atoms with van der Waals surface area (Å²) in [5.41, 5.74) is 11.4. The molecule has 3 heterocycles. The van der Waals surface area contributed by atoms with E-state index in [1.807, 2.05) is 13.8 Å². The Hall–Kier alpha value is -4.25. The summed E-state index contributed by atoms with van der Waals surface area (Å²) in [6.07, 6.45) is 1.00. The van der Waals surface area contributed by atoms with Crippen LogP contribution >= 0.6 is 23.1 Å². The van der Waals surface area contributed by atoms with E-state index < -0.39 is 41.7 Å². The van der Waals surface area contributed by atoms with Crippen molar-refractivity contribution in [1.29, 1.82) is 0 Å². The third kappa shape index (κ3) is 10.4. The van der Waals surface area contributed by atoms with Crippen LogP contribution in [0.1, 0.15) is 71.7 Å². The van der Waals surface area contributed by atoms with E-state index >= 15 is 0 Å². The summed E-state index contributed by atoms with van der Waals surface area (Å²) < 4.78 is 6.15. The Morgan fingerprint density at radius 3 is 2.56 bits per heavy atom. The summed E-state index contributed by atoms with van der Waals surface area (Å²) in [7, 11) is 0. The number of aromatic nitrogens is 1. The van der Waals surface area contributed by atoms with Crippen LogP contribution in [-0.4, -0.2) is 98.2 Å². The molecule has 4 atom stereocenters. The fourth-order valence-corrected chi connectivity index (χ4v) is 7.80. The summed E-state index contributed by atoms with van der Waals surface area (Å²) >= 11 is 2.69. The first-order valence-electron chi connectivity index (χ1n) is 16.6. The molecule has 1 aromatic heterocycles. The van der Waals surface area contributed by atoms with Gasteiger partial charge in [-0.3, -0.25) is 24.4 Å². The van der Waals surface area contributed by atoms with Gasteiger partial charge >= 0.3 is 12.1 Å². The van der Waals surface area contributed by atoms with Crippen molar-refractivity contribution in [3.05, 3.63) is 23.2 Å². The van der Waals surface area contributed by atoms with Crippen LogP contribution < -0.4 is 22.1 Å². The second-order valence-corrected chi connectivity index (χ2v) is 15.7. The molecule has 0 radical (unpaired) electrons. The number of alkyl carbamates (subject to hydrolysis) is 1. The van der Waals surface area contributed by atoms with Gasteiger partial charge in [0.05, 0.1) is 16.3 Å². The van der Waals surface area contributed by atoms with E-state index in [2.05, 4.69) is 25.6 Å². The molecular formula is C33H46N8O7S2. The first-order chi connectivity index (χ1) is 23.5. The number of carboxylic acid groups (broad SMARTS) is 1. The van der Waals surface area contributed by atoms with Gasteiger partial charge in [-0.25, -0.2) is 14.6 Å². The number of anilines is 1. The molecule has 1 aromatic carbocycles. The lowest BCUT2D eigenvalue weighted by molar-refractivity contribution is -0.140. The van der Waals surface area contributed by atoms with Crippen molar-refractivity contribution in [1.82, 2.24) is 15.2 Å². The van der Waals surface area contributed by atoms with E-state index in [4.69, 9.17) is 16.2 Å². The van der Waals surface area contributed by atoms with E-state index in [0.717, 1.165) is 4.70 Å². The molecule has 2 aliphatic rings. The zero-order chi connectivity index (χ0) is 36.7. The number of fused-ring (bicyclic) bond motifs is 1. The fraction of sp³-hybridized carbons (Fsp3) is 0.576. The van der Waals surface area contributed by atoms with Crippen LogP contribution in [-0.2, 0) is 23.9 Å². The number of carbonyl (C=O) groups excluding carboxylic acids is 4. The molecule has 2 aromatic rings. The lowest BCUT2D eigenvalue weighted by atomic mass is 9.92. The Labute approximate surface area is 299 Å². The van der Waals surface area contributed by atoms with Gasteiger partial charge in [-0.05, 0) is 70.6 Å². The summed E-state index contributed by atoms with van der Waals surface area (Å²) in [6.45, 7) is 9.45. The number of rotatable bonds is 14. The zero-order valence-electron chi connectivity index (χ0n) is 28.9. The molecule has 0 spiro atoms. The fourth-order valence-electron chi connectivity index (χ4n) is 5.70. The highest BCUT2D eigenvalue weighted by Crippen LogP contribution is 2.32. The number of Topliss-reactive ketones (excluding diaryl/α,β-unsaturated/α-hetero) is 1. The molecule has 15 nitrogen and oxygen atoms in total. The highest BCUT2D eigenvalue weighted by atomic mass is 32.2. The smallest absolute Gasteiger partial charge is 0.408 e. The average molecular weight is 731 g/mol. The Morgan fingerprint density at radius 1 is 1.18 bits per heavy atom. The van der Waals surface area contributed by atoms with Gasteiger partial charge in [0.1, 0.15) is 21.7 Å². The SMILES string of the molecule is CC(C)C(NC(=O)OC(C)(C)C)C(=O)N1CCCC1C(=O)CC(CCCN=C(N)N)C(=O)Nc1ccc2nc(C3=N[C@@H](C(=O)O)CS3)sc2c1. The first-order valence-corrected chi connectivity index (χ1v) is 18.4. The number of ether oxygens (including phenoxy) is 1. The van der Waals surface area contributed by atoms with E-state index in [1.54, 1.807) is 39.0 Å². The highest BCUT2D eigenvalue weighted by Gasteiger charge is 2.40. The topological polar surface area (TPSA) is 232 Å². The van der Waals surface area contributed by atoms with Gasteiger partial charge in [0, 0.05) is 36.9 Å². The largest absolute Gasteiger partial charge is 0.480 e. The lowest BCUT2D eigenvalue weighted by Crippen LogP contribution is -2.54. The quantitative estimate of drug-likeness (QED) is 0.107. The molecule has 2 aliphatic heterocycles. The maximum absolute atomic E-state index is 13.8. The number of aliphatic carboxylic acids is 1. The van der Waals surface area contributed by atoms with Gasteiger partial charge in [-0.2, -0.15) is 0 Å². The van der Waals surface area contributed by atoms with Crippen molar-refractivity contribution in [2.75, 3.05) is 24.2 Å². The van der Waals surface area contributed by atoms with Gasteiger partial charge in [0.15, 0.2) is 17.8 Å². The second kappa shape index (κ2) is 16.6. The van der Waals surface area contributed by atoms with Gasteiger partial charge < -0.3 is 36.8 Å². The number of thioether (sulfide) groups is 1. The van der Waals surface area contributed by atoms with Gasteiger partial charge in [-0.15, -0.1) is 23.1 Å². The Morgan fingerprint density at radius 2 is 1.92 bits per heavy atom. The summed E-state index contributed by atoms with van der Waals surface area (Å²) in [5.74, 6) is -2.68. The number of aliphatic imine (C=N–C) groups is 2. The Balaban J connectivity index is 1.48. The lowest BCUT2D eigenvalue weighted by Gasteiger charge is -2.31. The number of carboxylic acids is 1. The number of guanidine groups is 1.